The molecule has 2 aromatic carbocycles. The molecule has 0 aliphatic heterocycles. The molecule has 0 saturated heterocycles. The van der Waals surface area contributed by atoms with E-state index < -0.39 is 28.4 Å². The molecule has 0 unspecified atom stereocenters. The lowest BCUT2D eigenvalue weighted by Gasteiger charge is -2.18. The normalized spacial score (nSPS) is 11.1. The number of nitrogens with one attached hydrogen (secondary N) is 1. The molecule has 10 heteroatoms. The molecule has 0 heterocycles. The van der Waals surface area contributed by atoms with Crippen molar-refractivity contribution in [3.05, 3.63) is 47.5 Å². The molecule has 2 aromatic rings. The van der Waals surface area contributed by atoms with Crippen LogP contribution in [0.5, 0.6) is 11.5 Å². The van der Waals surface area contributed by atoms with Crippen LogP contribution in [0, 0.1) is 6.92 Å². The SMILES string of the molecule is COC(=O)c1cccc(NC(=O)CN(C)S(=O)(=O)c2ccc(OC)c(OC)c2)c1C. The first kappa shape index (κ1) is 23.2. The van der Waals surface area contributed by atoms with Crippen LogP contribution in [0.25, 0.3) is 0 Å². The van der Waals surface area contributed by atoms with Crippen LogP contribution >= 0.6 is 0 Å². The lowest BCUT2D eigenvalue weighted by molar-refractivity contribution is -0.116. The standard InChI is InChI=1S/C20H24N2O7S/c1-13-15(20(24)29-5)7-6-8-16(13)21-19(23)12-22(2)30(25,26)14-9-10-17(27-3)18(11-14)28-4/h6-11H,12H2,1-5H3,(H,21,23). The van der Waals surface area contributed by atoms with E-state index in [0.717, 1.165) is 4.31 Å². The van der Waals surface area contributed by atoms with Crippen LogP contribution in [0.2, 0.25) is 0 Å². The molecule has 1 N–H and O–H groups in total. The number of rotatable bonds is 8. The van der Waals surface area contributed by atoms with E-state index in [9.17, 15) is 18.0 Å². The molecule has 2 rings (SSSR count). The van der Waals surface area contributed by atoms with E-state index in [1.807, 2.05) is 0 Å². The number of anilines is 1. The topological polar surface area (TPSA) is 111 Å². The Bertz CT molecular complexity index is 1050. The number of ether oxygens (including phenoxy) is 3. The van der Waals surface area contributed by atoms with Gasteiger partial charge in [-0.2, -0.15) is 4.31 Å². The van der Waals surface area contributed by atoms with Crippen molar-refractivity contribution < 1.29 is 32.2 Å². The number of nitrogens with zero attached hydrogens (tertiary/aromatic N) is 1. The smallest absolute Gasteiger partial charge is 0.338 e. The number of hydrogen-bond donors (Lipinski definition) is 1. The van der Waals surface area contributed by atoms with Crippen molar-refractivity contribution in [2.24, 2.45) is 0 Å². The number of methoxy groups -OCH3 is 3. The Hall–Kier alpha value is -3.11. The second kappa shape index (κ2) is 9.59. The Kier molecular flexibility index (Phi) is 7.41. The number of carbonyl (C=O) groups excluding carboxylic acids is 2. The van der Waals surface area contributed by atoms with Gasteiger partial charge in [0.15, 0.2) is 11.5 Å². The summed E-state index contributed by atoms with van der Waals surface area (Å²) in [5, 5.41) is 2.63. The van der Waals surface area contributed by atoms with Crippen molar-refractivity contribution in [3.8, 4) is 11.5 Å². The van der Waals surface area contributed by atoms with Crippen LogP contribution < -0.4 is 14.8 Å². The number of hydrogen-bond acceptors (Lipinski definition) is 7. The fourth-order valence-electron chi connectivity index (χ4n) is 2.74. The van der Waals surface area contributed by atoms with Gasteiger partial charge in [-0.15, -0.1) is 0 Å². The minimum atomic E-state index is -3.96. The quantitative estimate of drug-likeness (QED) is 0.631. The Morgan fingerprint density at radius 3 is 2.30 bits per heavy atom. The zero-order chi connectivity index (χ0) is 22.5. The predicted molar refractivity (Wildman–Crippen MR) is 111 cm³/mol. The van der Waals surface area contributed by atoms with E-state index in [1.165, 1.54) is 46.6 Å². The molecule has 0 spiro atoms. The predicted octanol–water partition coefficient (Wildman–Crippen LogP) is 2.06. The van der Waals surface area contributed by atoms with Gasteiger partial charge in [0.2, 0.25) is 15.9 Å². The van der Waals surface area contributed by atoms with Crippen molar-refractivity contribution in [2.75, 3.05) is 40.2 Å². The van der Waals surface area contributed by atoms with E-state index in [2.05, 4.69) is 5.32 Å². The lowest BCUT2D eigenvalue weighted by atomic mass is 10.1. The summed E-state index contributed by atoms with van der Waals surface area (Å²) in [6.45, 7) is 1.23. The summed E-state index contributed by atoms with van der Waals surface area (Å²) in [6, 6.07) is 8.95. The van der Waals surface area contributed by atoms with E-state index >= 15 is 0 Å². The minimum Gasteiger partial charge on any atom is -0.493 e. The highest BCUT2D eigenvalue weighted by Crippen LogP contribution is 2.30. The van der Waals surface area contributed by atoms with Gasteiger partial charge in [-0.3, -0.25) is 4.79 Å². The zero-order valence-corrected chi connectivity index (χ0v) is 18.2. The fourth-order valence-corrected chi connectivity index (χ4v) is 3.88. The van der Waals surface area contributed by atoms with Gasteiger partial charge in [-0.05, 0) is 36.8 Å². The molecule has 162 valence electrons. The van der Waals surface area contributed by atoms with Crippen LogP contribution in [0.1, 0.15) is 15.9 Å². The van der Waals surface area contributed by atoms with Gasteiger partial charge in [0.1, 0.15) is 0 Å². The largest absolute Gasteiger partial charge is 0.493 e. The van der Waals surface area contributed by atoms with Crippen molar-refractivity contribution in [2.45, 2.75) is 11.8 Å². The van der Waals surface area contributed by atoms with Crippen LogP contribution in [-0.4, -0.2) is 59.5 Å². The highest BCUT2D eigenvalue weighted by Gasteiger charge is 2.25. The van der Waals surface area contributed by atoms with Gasteiger partial charge in [-0.1, -0.05) is 6.07 Å². The first-order valence-corrected chi connectivity index (χ1v) is 10.3. The number of amides is 1. The summed E-state index contributed by atoms with van der Waals surface area (Å²) in [4.78, 5) is 24.2. The van der Waals surface area contributed by atoms with Crippen LogP contribution in [0.15, 0.2) is 41.3 Å². The molecule has 0 bridgehead atoms. The average Bonchev–Trinajstić information content (AvgIpc) is 2.73. The van der Waals surface area contributed by atoms with Gasteiger partial charge in [-0.25, -0.2) is 13.2 Å². The highest BCUT2D eigenvalue weighted by molar-refractivity contribution is 7.89. The second-order valence-corrected chi connectivity index (χ2v) is 8.34. The molecular formula is C20H24N2O7S. The molecule has 0 aliphatic carbocycles. The number of likely N-dealkylation sites (N-methyl/N-ethyl adjacent to an activating group) is 1. The van der Waals surface area contributed by atoms with Crippen LogP contribution in [0.3, 0.4) is 0 Å². The van der Waals surface area contributed by atoms with Gasteiger partial charge in [0.25, 0.3) is 0 Å². The second-order valence-electron chi connectivity index (χ2n) is 6.30. The molecule has 30 heavy (non-hydrogen) atoms. The molecule has 0 aromatic heterocycles. The molecule has 9 nitrogen and oxygen atoms in total. The molecule has 1 amide bonds. The van der Waals surface area contributed by atoms with E-state index in [0.29, 0.717) is 22.6 Å². The van der Waals surface area contributed by atoms with Gasteiger partial charge >= 0.3 is 5.97 Å². The average molecular weight is 436 g/mol. The third-order valence-electron chi connectivity index (χ3n) is 4.44. The van der Waals surface area contributed by atoms with Gasteiger partial charge in [0, 0.05) is 18.8 Å². The maximum Gasteiger partial charge on any atom is 0.338 e. The van der Waals surface area contributed by atoms with Crippen LogP contribution in [0.4, 0.5) is 5.69 Å². The maximum absolute atomic E-state index is 12.8. The number of carbonyl (C=O) groups is 2. The van der Waals surface area contributed by atoms with Crippen molar-refractivity contribution in [3.63, 3.8) is 0 Å². The summed E-state index contributed by atoms with van der Waals surface area (Å²) in [7, 11) is 1.45. The monoisotopic (exact) mass is 436 g/mol. The van der Waals surface area contributed by atoms with Crippen molar-refractivity contribution in [1.82, 2.24) is 4.31 Å². The summed E-state index contributed by atoms with van der Waals surface area (Å²) >= 11 is 0. The molecule has 0 radical (unpaired) electrons. The van der Waals surface area contributed by atoms with Gasteiger partial charge in [0.05, 0.1) is 38.3 Å². The summed E-state index contributed by atoms with van der Waals surface area (Å²) < 4.78 is 41.5. The molecule has 0 atom stereocenters. The van der Waals surface area contributed by atoms with Gasteiger partial charge < -0.3 is 19.5 Å². The van der Waals surface area contributed by atoms with E-state index in [4.69, 9.17) is 14.2 Å². The zero-order valence-electron chi connectivity index (χ0n) is 17.4. The summed E-state index contributed by atoms with van der Waals surface area (Å²) in [6.07, 6.45) is 0. The Morgan fingerprint density at radius 1 is 1.03 bits per heavy atom. The highest BCUT2D eigenvalue weighted by atomic mass is 32.2. The van der Waals surface area contributed by atoms with Crippen LogP contribution in [-0.2, 0) is 19.6 Å². The lowest BCUT2D eigenvalue weighted by Crippen LogP contribution is -2.35. The first-order valence-electron chi connectivity index (χ1n) is 8.81. The Balaban J connectivity index is 2.19. The first-order chi connectivity index (χ1) is 14.1. The number of benzene rings is 2. The molecular weight excluding hydrogens is 412 g/mol. The van der Waals surface area contributed by atoms with E-state index in [-0.39, 0.29) is 10.6 Å². The van der Waals surface area contributed by atoms with Crippen molar-refractivity contribution in [1.29, 1.82) is 0 Å². The Labute approximate surface area is 175 Å². The minimum absolute atomic E-state index is 0.0423. The third kappa shape index (κ3) is 4.89. The van der Waals surface area contributed by atoms with Crippen molar-refractivity contribution >= 4 is 27.6 Å². The molecule has 0 saturated carbocycles. The molecule has 0 aliphatic rings. The summed E-state index contributed by atoms with van der Waals surface area (Å²) in [5.74, 6) is -0.451. The Morgan fingerprint density at radius 2 is 1.70 bits per heavy atom. The number of esters is 1. The summed E-state index contributed by atoms with van der Waals surface area (Å²) in [5.41, 5.74) is 1.21. The molecule has 0 fully saturated rings. The van der Waals surface area contributed by atoms with E-state index in [1.54, 1.807) is 25.1 Å². The maximum atomic E-state index is 12.8. The number of sulfonamides is 1. The fraction of sp³-hybridized carbons (Fsp3) is 0.300. The third-order valence-corrected chi connectivity index (χ3v) is 6.24.